The van der Waals surface area contributed by atoms with Crippen LogP contribution in [0.5, 0.6) is 0 Å². The van der Waals surface area contributed by atoms with Crippen LogP contribution in [0.25, 0.3) is 0 Å². The van der Waals surface area contributed by atoms with Gasteiger partial charge in [0.2, 0.25) is 0 Å². The largest absolute Gasteiger partial charge is 0.412 e. The second-order valence-corrected chi connectivity index (χ2v) is 13.2. The highest BCUT2D eigenvalue weighted by Gasteiger charge is 2.56. The SMILES string of the molecule is CC(C)[C@H](CN1CCC(C2=CCC(Cl)C=C2)CC1)NCCC12CC3CC(CC(O)(C3)C1)C2.O.O. The van der Waals surface area contributed by atoms with Crippen LogP contribution in [0.1, 0.15) is 78.1 Å². The van der Waals surface area contributed by atoms with Gasteiger partial charge in [-0.3, -0.25) is 0 Å². The maximum Gasteiger partial charge on any atom is 0.0658 e. The fourth-order valence-electron chi connectivity index (χ4n) is 8.37. The van der Waals surface area contributed by atoms with Crippen molar-refractivity contribution in [3.63, 3.8) is 0 Å². The zero-order chi connectivity index (χ0) is 22.3. The molecule has 6 aliphatic rings. The summed E-state index contributed by atoms with van der Waals surface area (Å²) in [4.78, 5) is 2.69. The van der Waals surface area contributed by atoms with Crippen LogP contribution in [0.3, 0.4) is 0 Å². The normalized spacial score (nSPS) is 38.4. The number of piperidine rings is 1. The van der Waals surface area contributed by atoms with Gasteiger partial charge in [-0.25, -0.2) is 0 Å². The van der Waals surface area contributed by atoms with Crippen molar-refractivity contribution >= 4 is 11.6 Å². The number of aliphatic hydroxyl groups is 1. The smallest absolute Gasteiger partial charge is 0.0658 e. The van der Waals surface area contributed by atoms with Gasteiger partial charge in [-0.15, -0.1) is 11.6 Å². The van der Waals surface area contributed by atoms with Crippen LogP contribution in [0, 0.1) is 29.1 Å². The van der Waals surface area contributed by atoms with E-state index in [0.717, 1.165) is 50.0 Å². The van der Waals surface area contributed by atoms with E-state index in [9.17, 15) is 5.11 Å². The second kappa shape index (κ2) is 11.3. The lowest BCUT2D eigenvalue weighted by Crippen LogP contribution is -2.56. The first-order chi connectivity index (χ1) is 15.3. The highest BCUT2D eigenvalue weighted by atomic mass is 35.5. The third-order valence-electron chi connectivity index (χ3n) is 9.61. The molecule has 3 unspecified atom stereocenters. The topological polar surface area (TPSA) is 98.5 Å². The molecule has 196 valence electrons. The zero-order valence-electron chi connectivity index (χ0n) is 21.4. The molecule has 5 aliphatic carbocycles. The number of hydrogen-bond donors (Lipinski definition) is 2. The van der Waals surface area contributed by atoms with Crippen molar-refractivity contribution in [1.29, 1.82) is 0 Å². The number of nitrogens with zero attached hydrogens (tertiary/aromatic N) is 1. The lowest BCUT2D eigenvalue weighted by molar-refractivity contribution is -0.165. The van der Waals surface area contributed by atoms with E-state index in [2.05, 4.69) is 42.3 Å². The van der Waals surface area contributed by atoms with Gasteiger partial charge in [-0.05, 0) is 119 Å². The molecule has 0 aromatic heterocycles. The van der Waals surface area contributed by atoms with E-state index in [4.69, 9.17) is 11.6 Å². The summed E-state index contributed by atoms with van der Waals surface area (Å²) in [5.41, 5.74) is 1.63. The van der Waals surface area contributed by atoms with Crippen molar-refractivity contribution < 1.29 is 16.1 Å². The number of allylic oxidation sites excluding steroid dienone is 4. The van der Waals surface area contributed by atoms with Gasteiger partial charge >= 0.3 is 0 Å². The average molecular weight is 497 g/mol. The van der Waals surface area contributed by atoms with Gasteiger partial charge in [0.05, 0.1) is 11.0 Å². The molecular weight excluding hydrogens is 448 g/mol. The lowest BCUT2D eigenvalue weighted by atomic mass is 9.47. The molecule has 0 spiro atoms. The van der Waals surface area contributed by atoms with E-state index in [1.807, 2.05) is 0 Å². The number of halogens is 1. The van der Waals surface area contributed by atoms with Crippen LogP contribution in [-0.2, 0) is 0 Å². The predicted molar refractivity (Wildman–Crippen MR) is 141 cm³/mol. The maximum absolute atomic E-state index is 11.1. The fraction of sp³-hybridized carbons (Fsp3) is 0.857. The van der Waals surface area contributed by atoms with Crippen LogP contribution in [0.2, 0.25) is 0 Å². The van der Waals surface area contributed by atoms with Crippen molar-refractivity contribution in [1.82, 2.24) is 10.2 Å². The van der Waals surface area contributed by atoms with Gasteiger partial charge in [0.25, 0.3) is 0 Å². The molecule has 6 heteroatoms. The van der Waals surface area contributed by atoms with Crippen LogP contribution < -0.4 is 5.32 Å². The number of likely N-dealkylation sites (tertiary alicyclic amines) is 1. The van der Waals surface area contributed by atoms with E-state index in [1.54, 1.807) is 0 Å². The summed E-state index contributed by atoms with van der Waals surface area (Å²) in [7, 11) is 0. The van der Waals surface area contributed by atoms with Crippen molar-refractivity contribution in [2.24, 2.45) is 29.1 Å². The summed E-state index contributed by atoms with van der Waals surface area (Å²) in [6, 6.07) is 0.564. The number of nitrogens with one attached hydrogen (secondary N) is 1. The van der Waals surface area contributed by atoms with Gasteiger partial charge in [-0.2, -0.15) is 0 Å². The van der Waals surface area contributed by atoms with Crippen molar-refractivity contribution in [3.8, 4) is 0 Å². The van der Waals surface area contributed by atoms with Crippen molar-refractivity contribution in [2.75, 3.05) is 26.2 Å². The summed E-state index contributed by atoms with van der Waals surface area (Å²) < 4.78 is 0. The van der Waals surface area contributed by atoms with E-state index < -0.39 is 0 Å². The molecule has 4 atom stereocenters. The van der Waals surface area contributed by atoms with Crippen LogP contribution >= 0.6 is 11.6 Å². The lowest BCUT2D eigenvalue weighted by Gasteiger charge is -2.60. The number of hydrogen-bond acceptors (Lipinski definition) is 3. The minimum atomic E-state index is -0.320. The minimum absolute atomic E-state index is 0. The predicted octanol–water partition coefficient (Wildman–Crippen LogP) is 3.88. The maximum atomic E-state index is 11.1. The molecule has 0 radical (unpaired) electrons. The van der Waals surface area contributed by atoms with E-state index in [0.29, 0.717) is 17.4 Å². The molecule has 6 N–H and O–H groups in total. The molecule has 6 rings (SSSR count). The zero-order valence-corrected chi connectivity index (χ0v) is 22.1. The molecule has 4 saturated carbocycles. The molecule has 34 heavy (non-hydrogen) atoms. The van der Waals surface area contributed by atoms with E-state index >= 15 is 0 Å². The Balaban J connectivity index is 0.00000162. The van der Waals surface area contributed by atoms with E-state index in [-0.39, 0.29) is 21.9 Å². The van der Waals surface area contributed by atoms with Crippen molar-refractivity contribution in [2.45, 2.75) is 95.1 Å². The van der Waals surface area contributed by atoms with Gasteiger partial charge in [0.15, 0.2) is 0 Å². The van der Waals surface area contributed by atoms with Gasteiger partial charge in [0, 0.05) is 12.6 Å². The number of alkyl halides is 1. The Kier molecular flexibility index (Phi) is 9.36. The van der Waals surface area contributed by atoms with Crippen LogP contribution in [0.15, 0.2) is 23.8 Å². The second-order valence-electron chi connectivity index (χ2n) is 12.6. The standard InChI is InChI=1S/C28H45ClN2O.2H2O/c1-20(2)26(18-31-11-7-24(8-12-31)23-3-5-25(29)6-4-23)30-10-9-27-14-21-13-22(15-27)17-28(32,16-21)19-27;;/h3-5,20-22,24-26,30,32H,6-19H2,1-2H3;2*1H2/t21?,22?,25?,26-,27?,28?;;/m0../s1. The molecular formula is C28H49ClN2O3. The molecule has 1 aliphatic heterocycles. The van der Waals surface area contributed by atoms with E-state index in [1.165, 1.54) is 63.7 Å². The van der Waals surface area contributed by atoms with Crippen molar-refractivity contribution in [3.05, 3.63) is 23.8 Å². The number of rotatable bonds is 8. The Hall–Kier alpha value is -0.430. The highest BCUT2D eigenvalue weighted by molar-refractivity contribution is 6.22. The Labute approximate surface area is 212 Å². The molecule has 5 fully saturated rings. The van der Waals surface area contributed by atoms with Gasteiger partial charge < -0.3 is 26.3 Å². The first-order valence-electron chi connectivity index (χ1n) is 13.5. The Morgan fingerprint density at radius 1 is 1.12 bits per heavy atom. The Morgan fingerprint density at radius 3 is 2.35 bits per heavy atom. The first-order valence-corrected chi connectivity index (χ1v) is 14.0. The third kappa shape index (κ3) is 6.27. The molecule has 5 nitrogen and oxygen atoms in total. The molecule has 0 aromatic carbocycles. The van der Waals surface area contributed by atoms with Gasteiger partial charge in [-0.1, -0.05) is 32.1 Å². The molecule has 1 heterocycles. The molecule has 4 bridgehead atoms. The minimum Gasteiger partial charge on any atom is -0.412 e. The van der Waals surface area contributed by atoms with Crippen LogP contribution in [0.4, 0.5) is 0 Å². The van der Waals surface area contributed by atoms with Crippen LogP contribution in [-0.4, -0.2) is 64.2 Å². The first kappa shape index (κ1) is 28.1. The van der Waals surface area contributed by atoms with Gasteiger partial charge in [0.1, 0.15) is 0 Å². The summed E-state index contributed by atoms with van der Waals surface area (Å²) in [6.45, 7) is 9.46. The monoisotopic (exact) mass is 496 g/mol. The highest BCUT2D eigenvalue weighted by Crippen LogP contribution is 2.62. The Bertz CT molecular complexity index is 717. The molecule has 1 saturated heterocycles. The average Bonchev–Trinajstić information content (AvgIpc) is 2.72. The fourth-order valence-corrected chi connectivity index (χ4v) is 8.53. The third-order valence-corrected chi connectivity index (χ3v) is 9.93. The summed E-state index contributed by atoms with van der Waals surface area (Å²) in [5, 5.41) is 15.2. The summed E-state index contributed by atoms with van der Waals surface area (Å²) in [6.07, 6.45) is 19.0. The summed E-state index contributed by atoms with van der Waals surface area (Å²) >= 11 is 6.21. The quantitative estimate of drug-likeness (QED) is 0.499. The summed E-state index contributed by atoms with van der Waals surface area (Å²) in [5.74, 6) is 2.97. The Morgan fingerprint density at radius 2 is 1.79 bits per heavy atom. The molecule has 0 amide bonds. The molecule has 0 aromatic rings.